The lowest BCUT2D eigenvalue weighted by molar-refractivity contribution is 0.313. The molecule has 0 bridgehead atoms. The highest BCUT2D eigenvalue weighted by Gasteiger charge is 2.08. The third-order valence-corrected chi connectivity index (χ3v) is 2.20. The Balaban J connectivity index is 2.90. The van der Waals surface area contributed by atoms with Crippen molar-refractivity contribution in [3.8, 4) is 5.75 Å². The van der Waals surface area contributed by atoms with Crippen LogP contribution in [-0.4, -0.2) is 6.61 Å². The van der Waals surface area contributed by atoms with Crippen LogP contribution < -0.4 is 4.74 Å². The Labute approximate surface area is 91.0 Å². The van der Waals surface area contributed by atoms with E-state index < -0.39 is 0 Å². The van der Waals surface area contributed by atoms with Gasteiger partial charge in [-0.2, -0.15) is 0 Å². The Morgan fingerprint density at radius 3 is 2.79 bits per heavy atom. The molecule has 0 N–H and O–H groups in total. The van der Waals surface area contributed by atoms with Gasteiger partial charge in [-0.15, -0.1) is 0 Å². The molecule has 1 aromatic carbocycles. The van der Waals surface area contributed by atoms with Crippen molar-refractivity contribution in [3.05, 3.63) is 35.7 Å². The number of ether oxygens (including phenoxy) is 1. The molecule has 0 heterocycles. The largest absolute Gasteiger partial charge is 0.493 e. The van der Waals surface area contributed by atoms with Crippen LogP contribution in [0.3, 0.4) is 0 Å². The van der Waals surface area contributed by atoms with E-state index in [1.165, 1.54) is 0 Å². The third-order valence-electron chi connectivity index (χ3n) is 1.96. The first-order valence-electron chi connectivity index (χ1n) is 4.90. The van der Waals surface area contributed by atoms with Gasteiger partial charge in [-0.3, -0.25) is 0 Å². The van der Waals surface area contributed by atoms with Gasteiger partial charge in [0.05, 0.1) is 6.61 Å². The average Bonchev–Trinajstić information content (AvgIpc) is 2.15. The lowest BCUT2D eigenvalue weighted by atomic mass is 10.0. The highest BCUT2D eigenvalue weighted by atomic mass is 35.5. The van der Waals surface area contributed by atoms with Gasteiger partial charge in [0.2, 0.25) is 0 Å². The van der Waals surface area contributed by atoms with E-state index in [4.69, 9.17) is 16.3 Å². The molecule has 1 rings (SSSR count). The molecule has 0 saturated heterocycles. The van der Waals surface area contributed by atoms with Crippen LogP contribution in [0.25, 0.3) is 0 Å². The molecular weight excluding hydrogens is 196 g/mol. The number of benzene rings is 1. The summed E-state index contributed by atoms with van der Waals surface area (Å²) in [4.78, 5) is 0. The first-order chi connectivity index (χ1) is 6.65. The molecule has 77 valence electrons. The maximum atomic E-state index is 5.91. The van der Waals surface area contributed by atoms with Gasteiger partial charge in [0.15, 0.2) is 0 Å². The Hall–Kier alpha value is -0.690. The standard InChI is InChI=1S/C12H16ClO/c1-4-7-14-12-6-5-10(13)8-11(12)9(2)3/h5-6,8-9H,2,4,7H2,1,3H3. The molecule has 0 aliphatic heterocycles. The second-order valence-electron chi connectivity index (χ2n) is 3.43. The summed E-state index contributed by atoms with van der Waals surface area (Å²) >= 11 is 5.91. The summed E-state index contributed by atoms with van der Waals surface area (Å²) in [5, 5.41) is 0.736. The van der Waals surface area contributed by atoms with E-state index >= 15 is 0 Å². The highest BCUT2D eigenvalue weighted by molar-refractivity contribution is 6.30. The summed E-state index contributed by atoms with van der Waals surface area (Å²) in [6.45, 7) is 8.84. The summed E-state index contributed by atoms with van der Waals surface area (Å²) < 4.78 is 5.60. The highest BCUT2D eigenvalue weighted by Crippen LogP contribution is 2.29. The van der Waals surface area contributed by atoms with Gasteiger partial charge in [0.1, 0.15) is 5.75 Å². The molecule has 1 atom stereocenters. The van der Waals surface area contributed by atoms with E-state index in [9.17, 15) is 0 Å². The predicted molar refractivity (Wildman–Crippen MR) is 61.0 cm³/mol. The molecule has 0 aliphatic carbocycles. The van der Waals surface area contributed by atoms with E-state index in [0.717, 1.165) is 29.4 Å². The number of hydrogen-bond donors (Lipinski definition) is 0. The third kappa shape index (κ3) is 2.91. The number of halogens is 1. The monoisotopic (exact) mass is 211 g/mol. The lowest BCUT2D eigenvalue weighted by Crippen LogP contribution is -2.00. The zero-order valence-corrected chi connectivity index (χ0v) is 9.47. The molecule has 1 nitrogen and oxygen atoms in total. The Morgan fingerprint density at radius 2 is 2.21 bits per heavy atom. The normalized spacial score (nSPS) is 10.6. The number of hydrogen-bond acceptors (Lipinski definition) is 1. The van der Waals surface area contributed by atoms with Crippen LogP contribution in [0.5, 0.6) is 5.75 Å². The van der Waals surface area contributed by atoms with Gasteiger partial charge in [0, 0.05) is 5.02 Å². The average molecular weight is 212 g/mol. The lowest BCUT2D eigenvalue weighted by Gasteiger charge is -2.13. The minimum Gasteiger partial charge on any atom is -0.493 e. The molecule has 1 radical (unpaired) electrons. The maximum absolute atomic E-state index is 5.91. The molecule has 1 unspecified atom stereocenters. The smallest absolute Gasteiger partial charge is 0.122 e. The summed E-state index contributed by atoms with van der Waals surface area (Å²) in [6.07, 6.45) is 1.01. The fraction of sp³-hybridized carbons (Fsp3) is 0.417. The van der Waals surface area contributed by atoms with Crippen LogP contribution in [0.4, 0.5) is 0 Å². The fourth-order valence-corrected chi connectivity index (χ4v) is 1.43. The van der Waals surface area contributed by atoms with Gasteiger partial charge < -0.3 is 4.74 Å². The van der Waals surface area contributed by atoms with E-state index in [0.29, 0.717) is 0 Å². The Kier molecular flexibility index (Phi) is 4.27. The molecule has 0 spiro atoms. The van der Waals surface area contributed by atoms with Gasteiger partial charge in [-0.05, 0) is 43.0 Å². The predicted octanol–water partition coefficient (Wildman–Crippen LogP) is 4.07. The van der Waals surface area contributed by atoms with Crippen molar-refractivity contribution in [3.63, 3.8) is 0 Å². The van der Waals surface area contributed by atoms with Crippen LogP contribution in [0.15, 0.2) is 18.2 Å². The van der Waals surface area contributed by atoms with Crippen molar-refractivity contribution < 1.29 is 4.74 Å². The van der Waals surface area contributed by atoms with Crippen LogP contribution >= 0.6 is 11.6 Å². The molecule has 0 amide bonds. The van der Waals surface area contributed by atoms with Crippen molar-refractivity contribution in [1.29, 1.82) is 0 Å². The zero-order valence-electron chi connectivity index (χ0n) is 8.72. The minimum absolute atomic E-state index is 0.195. The molecule has 0 aromatic heterocycles. The number of rotatable bonds is 4. The fourth-order valence-electron chi connectivity index (χ4n) is 1.25. The summed E-state index contributed by atoms with van der Waals surface area (Å²) in [5.41, 5.74) is 1.07. The molecule has 1 aromatic rings. The summed E-state index contributed by atoms with van der Waals surface area (Å²) in [7, 11) is 0. The maximum Gasteiger partial charge on any atom is 0.122 e. The SMILES string of the molecule is [CH2]C(C)c1cc(Cl)ccc1OCCC. The van der Waals surface area contributed by atoms with E-state index in [1.54, 1.807) is 0 Å². The van der Waals surface area contributed by atoms with Gasteiger partial charge >= 0.3 is 0 Å². The molecular formula is C12H16ClO. The van der Waals surface area contributed by atoms with E-state index in [-0.39, 0.29) is 5.92 Å². The molecule has 2 heteroatoms. The van der Waals surface area contributed by atoms with E-state index in [2.05, 4.69) is 13.8 Å². The van der Waals surface area contributed by atoms with E-state index in [1.807, 2.05) is 25.1 Å². The zero-order chi connectivity index (χ0) is 10.6. The molecule has 0 fully saturated rings. The second-order valence-corrected chi connectivity index (χ2v) is 3.87. The first kappa shape index (κ1) is 11.4. The Bertz CT molecular complexity index is 294. The van der Waals surface area contributed by atoms with Gasteiger partial charge in [-0.1, -0.05) is 25.4 Å². The quantitative estimate of drug-likeness (QED) is 0.730. The minimum atomic E-state index is 0.195. The molecule has 14 heavy (non-hydrogen) atoms. The Morgan fingerprint density at radius 1 is 1.50 bits per heavy atom. The van der Waals surface area contributed by atoms with Gasteiger partial charge in [-0.25, -0.2) is 0 Å². The summed E-state index contributed by atoms with van der Waals surface area (Å²) in [6, 6.07) is 5.68. The van der Waals surface area contributed by atoms with Crippen molar-refractivity contribution >= 4 is 11.6 Å². The van der Waals surface area contributed by atoms with Gasteiger partial charge in [0.25, 0.3) is 0 Å². The molecule has 0 aliphatic rings. The van der Waals surface area contributed by atoms with Crippen LogP contribution in [0.2, 0.25) is 5.02 Å². The van der Waals surface area contributed by atoms with Crippen LogP contribution in [0, 0.1) is 6.92 Å². The van der Waals surface area contributed by atoms with Crippen molar-refractivity contribution in [2.24, 2.45) is 0 Å². The first-order valence-corrected chi connectivity index (χ1v) is 5.28. The van der Waals surface area contributed by atoms with Crippen molar-refractivity contribution in [1.82, 2.24) is 0 Å². The van der Waals surface area contributed by atoms with Crippen molar-refractivity contribution in [2.45, 2.75) is 26.2 Å². The van der Waals surface area contributed by atoms with Crippen molar-refractivity contribution in [2.75, 3.05) is 6.61 Å². The van der Waals surface area contributed by atoms with Crippen LogP contribution in [0.1, 0.15) is 31.7 Å². The second kappa shape index (κ2) is 5.26. The molecule has 0 saturated carbocycles. The van der Waals surface area contributed by atoms with Crippen LogP contribution in [-0.2, 0) is 0 Å². The summed E-state index contributed by atoms with van der Waals surface area (Å²) in [5.74, 6) is 1.10. The topological polar surface area (TPSA) is 9.23 Å².